The van der Waals surface area contributed by atoms with E-state index in [9.17, 15) is 0 Å². The van der Waals surface area contributed by atoms with Gasteiger partial charge in [0.2, 0.25) is 0 Å². The number of rotatable bonds is 5. The van der Waals surface area contributed by atoms with Crippen LogP contribution in [0.25, 0.3) is 0 Å². The molecule has 0 heterocycles. The van der Waals surface area contributed by atoms with E-state index in [0.29, 0.717) is 16.2 Å². The van der Waals surface area contributed by atoms with Crippen LogP contribution in [-0.4, -0.2) is 27.2 Å². The van der Waals surface area contributed by atoms with Crippen molar-refractivity contribution >= 4 is 17.3 Å². The van der Waals surface area contributed by atoms with Crippen molar-refractivity contribution in [2.75, 3.05) is 32.1 Å². The van der Waals surface area contributed by atoms with Crippen molar-refractivity contribution in [3.05, 3.63) is 23.2 Å². The van der Waals surface area contributed by atoms with Crippen molar-refractivity contribution in [1.29, 1.82) is 0 Å². The van der Waals surface area contributed by atoms with E-state index in [4.69, 9.17) is 22.1 Å². The minimum atomic E-state index is 0.334. The highest BCUT2D eigenvalue weighted by molar-refractivity contribution is 6.32. The van der Waals surface area contributed by atoms with Crippen LogP contribution in [0, 0.1) is 5.41 Å². The molecule has 1 aliphatic rings. The molecule has 0 aliphatic heterocycles. The predicted molar refractivity (Wildman–Crippen MR) is 72.0 cm³/mol. The molecule has 0 saturated heterocycles. The summed E-state index contributed by atoms with van der Waals surface area (Å²) in [4.78, 5) is 2.21. The van der Waals surface area contributed by atoms with Gasteiger partial charge in [-0.25, -0.2) is 0 Å². The van der Waals surface area contributed by atoms with E-state index >= 15 is 0 Å². The molecule has 0 aromatic heterocycles. The molecule has 1 aromatic carbocycles. The Morgan fingerprint density at radius 2 is 2.18 bits per heavy atom. The van der Waals surface area contributed by atoms with Crippen molar-refractivity contribution in [2.24, 2.45) is 11.1 Å². The number of benzene rings is 1. The molecule has 1 fully saturated rings. The highest BCUT2D eigenvalue weighted by Crippen LogP contribution is 2.45. The molecular formula is C13H19ClN2O. The van der Waals surface area contributed by atoms with Gasteiger partial charge in [-0.05, 0) is 37.6 Å². The molecule has 0 spiro atoms. The first kappa shape index (κ1) is 12.5. The van der Waals surface area contributed by atoms with Gasteiger partial charge in [0.25, 0.3) is 0 Å². The van der Waals surface area contributed by atoms with Crippen LogP contribution in [0.15, 0.2) is 18.2 Å². The average Bonchev–Trinajstić information content (AvgIpc) is 3.09. The first-order valence-electron chi connectivity index (χ1n) is 5.85. The lowest BCUT2D eigenvalue weighted by Gasteiger charge is -2.25. The minimum Gasteiger partial charge on any atom is -0.495 e. The Morgan fingerprint density at radius 3 is 2.65 bits per heavy atom. The van der Waals surface area contributed by atoms with E-state index in [2.05, 4.69) is 11.9 Å². The summed E-state index contributed by atoms with van der Waals surface area (Å²) in [7, 11) is 3.70. The van der Waals surface area contributed by atoms with E-state index in [-0.39, 0.29) is 0 Å². The van der Waals surface area contributed by atoms with Gasteiger partial charge in [-0.1, -0.05) is 11.6 Å². The lowest BCUT2D eigenvalue weighted by molar-refractivity contribution is 0.415. The van der Waals surface area contributed by atoms with Gasteiger partial charge in [0.15, 0.2) is 0 Å². The molecule has 2 N–H and O–H groups in total. The highest BCUT2D eigenvalue weighted by atomic mass is 35.5. The van der Waals surface area contributed by atoms with E-state index in [0.717, 1.165) is 18.8 Å². The van der Waals surface area contributed by atoms with Crippen LogP contribution in [0.2, 0.25) is 5.02 Å². The fourth-order valence-electron chi connectivity index (χ4n) is 2.09. The lowest BCUT2D eigenvalue weighted by atomic mass is 10.1. The van der Waals surface area contributed by atoms with E-state index < -0.39 is 0 Å². The van der Waals surface area contributed by atoms with Crippen molar-refractivity contribution in [2.45, 2.75) is 12.8 Å². The quantitative estimate of drug-likeness (QED) is 0.878. The van der Waals surface area contributed by atoms with Crippen molar-refractivity contribution in [3.63, 3.8) is 0 Å². The van der Waals surface area contributed by atoms with Crippen molar-refractivity contribution < 1.29 is 4.74 Å². The number of methoxy groups -OCH3 is 1. The first-order valence-corrected chi connectivity index (χ1v) is 6.23. The third kappa shape index (κ3) is 2.67. The molecule has 1 aliphatic carbocycles. The fraction of sp³-hybridized carbons (Fsp3) is 0.538. The van der Waals surface area contributed by atoms with Crippen molar-refractivity contribution in [1.82, 2.24) is 0 Å². The Labute approximate surface area is 107 Å². The largest absolute Gasteiger partial charge is 0.495 e. The molecule has 0 atom stereocenters. The smallest absolute Gasteiger partial charge is 0.137 e. The Kier molecular flexibility index (Phi) is 3.50. The molecule has 1 aromatic rings. The van der Waals surface area contributed by atoms with Crippen LogP contribution in [0.5, 0.6) is 5.75 Å². The Balaban J connectivity index is 2.09. The zero-order valence-electron chi connectivity index (χ0n) is 10.4. The van der Waals surface area contributed by atoms with Gasteiger partial charge in [-0.15, -0.1) is 0 Å². The Morgan fingerprint density at radius 1 is 1.47 bits per heavy atom. The highest BCUT2D eigenvalue weighted by Gasteiger charge is 2.42. The summed E-state index contributed by atoms with van der Waals surface area (Å²) in [6.45, 7) is 1.76. The number of nitrogens with zero attached hydrogens (tertiary/aromatic N) is 1. The summed E-state index contributed by atoms with van der Waals surface area (Å²) < 4.78 is 5.14. The number of halogens is 1. The molecule has 0 unspecified atom stereocenters. The third-order valence-electron chi connectivity index (χ3n) is 3.54. The lowest BCUT2D eigenvalue weighted by Crippen LogP contribution is -2.31. The number of hydrogen-bond donors (Lipinski definition) is 1. The monoisotopic (exact) mass is 254 g/mol. The minimum absolute atomic E-state index is 0.334. The molecule has 1 saturated carbocycles. The molecule has 4 heteroatoms. The van der Waals surface area contributed by atoms with Crippen LogP contribution in [0.3, 0.4) is 0 Å². The van der Waals surface area contributed by atoms with E-state index in [1.165, 1.54) is 12.8 Å². The van der Waals surface area contributed by atoms with E-state index in [1.54, 1.807) is 7.11 Å². The molecule has 0 amide bonds. The number of nitrogens with two attached hydrogens (primary N) is 1. The molecular weight excluding hydrogens is 236 g/mol. The summed E-state index contributed by atoms with van der Waals surface area (Å²) >= 11 is 6.12. The van der Waals surface area contributed by atoms with Crippen LogP contribution in [-0.2, 0) is 0 Å². The van der Waals surface area contributed by atoms with Crippen LogP contribution in [0.4, 0.5) is 5.69 Å². The summed E-state index contributed by atoms with van der Waals surface area (Å²) in [5, 5.41) is 0.648. The van der Waals surface area contributed by atoms with Gasteiger partial charge >= 0.3 is 0 Å². The molecule has 0 bridgehead atoms. The SMILES string of the molecule is COc1ccc(N(C)CC2(CN)CC2)cc1Cl. The normalized spacial score (nSPS) is 16.7. The maximum Gasteiger partial charge on any atom is 0.137 e. The van der Waals surface area contributed by atoms with Gasteiger partial charge < -0.3 is 15.4 Å². The molecule has 94 valence electrons. The van der Waals surface area contributed by atoms with Gasteiger partial charge in [0, 0.05) is 24.7 Å². The number of anilines is 1. The standard InChI is InChI=1S/C13H19ClN2O/c1-16(9-13(8-15)5-6-13)10-3-4-12(17-2)11(14)7-10/h3-4,7H,5-6,8-9,15H2,1-2H3. The zero-order chi connectivity index (χ0) is 12.5. The number of ether oxygens (including phenoxy) is 1. The predicted octanol–water partition coefficient (Wildman–Crippen LogP) is 2.52. The van der Waals surface area contributed by atoms with Crippen LogP contribution < -0.4 is 15.4 Å². The third-order valence-corrected chi connectivity index (χ3v) is 3.83. The zero-order valence-corrected chi connectivity index (χ0v) is 11.1. The maximum atomic E-state index is 6.12. The topological polar surface area (TPSA) is 38.5 Å². The summed E-state index contributed by atoms with van der Waals surface area (Å²) in [6, 6.07) is 5.86. The van der Waals surface area contributed by atoms with Gasteiger partial charge in [0.1, 0.15) is 5.75 Å². The van der Waals surface area contributed by atoms with E-state index in [1.807, 2.05) is 18.2 Å². The Bertz CT molecular complexity index is 404. The van der Waals surface area contributed by atoms with Gasteiger partial charge in [-0.3, -0.25) is 0 Å². The van der Waals surface area contributed by atoms with Crippen molar-refractivity contribution in [3.8, 4) is 5.75 Å². The second kappa shape index (κ2) is 4.75. The summed E-state index contributed by atoms with van der Waals surface area (Å²) in [5.41, 5.74) is 7.24. The van der Waals surface area contributed by atoms with Gasteiger partial charge in [0.05, 0.1) is 12.1 Å². The Hall–Kier alpha value is -0.930. The fourth-order valence-corrected chi connectivity index (χ4v) is 2.34. The van der Waals surface area contributed by atoms with Crippen LogP contribution in [0.1, 0.15) is 12.8 Å². The van der Waals surface area contributed by atoms with Crippen LogP contribution >= 0.6 is 11.6 Å². The second-order valence-electron chi connectivity index (χ2n) is 4.88. The number of hydrogen-bond acceptors (Lipinski definition) is 3. The molecule has 2 rings (SSSR count). The van der Waals surface area contributed by atoms with Gasteiger partial charge in [-0.2, -0.15) is 0 Å². The molecule has 17 heavy (non-hydrogen) atoms. The molecule has 3 nitrogen and oxygen atoms in total. The average molecular weight is 255 g/mol. The second-order valence-corrected chi connectivity index (χ2v) is 5.29. The first-order chi connectivity index (χ1) is 8.10. The maximum absolute atomic E-state index is 6.12. The molecule has 0 radical (unpaired) electrons. The summed E-state index contributed by atoms with van der Waals surface area (Å²) in [5.74, 6) is 0.712. The summed E-state index contributed by atoms with van der Waals surface area (Å²) in [6.07, 6.45) is 2.47.